The molecule has 0 spiro atoms. The van der Waals surface area contributed by atoms with E-state index < -0.39 is 30.6 Å². The van der Waals surface area contributed by atoms with Gasteiger partial charge in [-0.05, 0) is 25.5 Å². The van der Waals surface area contributed by atoms with Gasteiger partial charge in [0.1, 0.15) is 18.3 Å². The van der Waals surface area contributed by atoms with E-state index in [0.29, 0.717) is 12.2 Å². The first kappa shape index (κ1) is 17.3. The number of aromatic nitrogens is 1. The van der Waals surface area contributed by atoms with E-state index in [-0.39, 0.29) is 13.0 Å². The number of carbonyl (C=O) groups excluding carboxylic acids is 2. The second-order valence-corrected chi connectivity index (χ2v) is 6.02. The monoisotopic (exact) mass is 353 g/mol. The highest BCUT2D eigenvalue weighted by Gasteiger charge is 2.40. The van der Waals surface area contributed by atoms with Gasteiger partial charge in [0, 0.05) is 24.0 Å². The van der Waals surface area contributed by atoms with Crippen molar-refractivity contribution >= 4 is 22.7 Å². The van der Waals surface area contributed by atoms with Gasteiger partial charge in [0.15, 0.2) is 0 Å². The topological polar surface area (TPSA) is 54.3 Å². The average molecular weight is 353 g/mol. The summed E-state index contributed by atoms with van der Waals surface area (Å²) in [4.78, 5) is 25.4. The molecule has 1 aromatic heterocycles. The van der Waals surface area contributed by atoms with E-state index in [0.717, 1.165) is 15.8 Å². The molecule has 1 aliphatic rings. The van der Waals surface area contributed by atoms with Crippen molar-refractivity contribution in [2.75, 3.05) is 13.1 Å². The third kappa shape index (κ3) is 3.47. The smallest absolute Gasteiger partial charge is 0.339 e. The van der Waals surface area contributed by atoms with Crippen molar-refractivity contribution in [3.05, 3.63) is 36.0 Å². The molecule has 0 saturated carbocycles. The first-order valence-corrected chi connectivity index (χ1v) is 8.05. The Morgan fingerprint density at radius 2 is 2.04 bits per heavy atom. The lowest BCUT2D eigenvalue weighted by Gasteiger charge is -2.18. The maximum Gasteiger partial charge on any atom is 0.406 e. The normalized spacial score (nSPS) is 18.2. The molecule has 1 atom stereocenters. The van der Waals surface area contributed by atoms with Crippen molar-refractivity contribution in [3.8, 4) is 0 Å². The van der Waals surface area contributed by atoms with Gasteiger partial charge in [-0.3, -0.25) is 9.59 Å². The van der Waals surface area contributed by atoms with E-state index in [4.69, 9.17) is 0 Å². The molecular formula is C17H18F3N3O2. The van der Waals surface area contributed by atoms with Crippen LogP contribution in [-0.2, 0) is 11.3 Å². The van der Waals surface area contributed by atoms with Crippen LogP contribution in [0.15, 0.2) is 30.3 Å². The zero-order valence-electron chi connectivity index (χ0n) is 13.6. The van der Waals surface area contributed by atoms with Crippen molar-refractivity contribution in [2.24, 2.45) is 0 Å². The van der Waals surface area contributed by atoms with Crippen LogP contribution >= 0.6 is 0 Å². The fraction of sp³-hybridized carbons (Fsp3) is 0.412. The number of hydrogen-bond acceptors (Lipinski definition) is 2. The largest absolute Gasteiger partial charge is 0.406 e. The van der Waals surface area contributed by atoms with Crippen LogP contribution in [0.1, 0.15) is 23.8 Å². The van der Waals surface area contributed by atoms with Crippen LogP contribution in [-0.4, -0.2) is 46.6 Å². The number of aryl methyl sites for hydroxylation is 1. The SMILES string of the molecule is CCn1c(C(=O)NC2CCN(CC(F)(F)F)C2=O)cc2ccccc21. The minimum Gasteiger partial charge on any atom is -0.339 e. The molecule has 134 valence electrons. The Morgan fingerprint density at radius 3 is 2.72 bits per heavy atom. The molecule has 0 aliphatic carbocycles. The van der Waals surface area contributed by atoms with E-state index in [2.05, 4.69) is 5.32 Å². The predicted octanol–water partition coefficient (Wildman–Crippen LogP) is 2.55. The highest BCUT2D eigenvalue weighted by Crippen LogP contribution is 2.22. The molecule has 2 aromatic rings. The molecule has 1 N–H and O–H groups in total. The minimum atomic E-state index is -4.44. The van der Waals surface area contributed by atoms with Gasteiger partial charge < -0.3 is 14.8 Å². The van der Waals surface area contributed by atoms with E-state index in [1.165, 1.54) is 0 Å². The van der Waals surface area contributed by atoms with Crippen molar-refractivity contribution in [1.29, 1.82) is 0 Å². The summed E-state index contributed by atoms with van der Waals surface area (Å²) in [5, 5.41) is 3.47. The Kier molecular flexibility index (Phi) is 4.45. The van der Waals surface area contributed by atoms with E-state index in [1.54, 1.807) is 6.07 Å². The fourth-order valence-corrected chi connectivity index (χ4v) is 3.22. The molecule has 2 heterocycles. The van der Waals surface area contributed by atoms with Gasteiger partial charge in [-0.2, -0.15) is 13.2 Å². The van der Waals surface area contributed by atoms with Gasteiger partial charge in [-0.15, -0.1) is 0 Å². The molecular weight excluding hydrogens is 335 g/mol. The lowest BCUT2D eigenvalue weighted by molar-refractivity contribution is -0.157. The number of nitrogens with one attached hydrogen (secondary N) is 1. The number of alkyl halides is 3. The number of benzene rings is 1. The van der Waals surface area contributed by atoms with Crippen LogP contribution in [0.4, 0.5) is 13.2 Å². The second-order valence-electron chi connectivity index (χ2n) is 6.02. The summed E-state index contributed by atoms with van der Waals surface area (Å²) in [6.45, 7) is 1.16. The number of fused-ring (bicyclic) bond motifs is 1. The zero-order chi connectivity index (χ0) is 18.2. The maximum absolute atomic E-state index is 12.6. The van der Waals surface area contributed by atoms with Gasteiger partial charge in [-0.1, -0.05) is 18.2 Å². The Morgan fingerprint density at radius 1 is 1.32 bits per heavy atom. The van der Waals surface area contributed by atoms with Crippen molar-refractivity contribution in [3.63, 3.8) is 0 Å². The third-order valence-corrected chi connectivity index (χ3v) is 4.33. The number of amides is 2. The molecule has 0 bridgehead atoms. The summed E-state index contributed by atoms with van der Waals surface area (Å²) in [5.74, 6) is -1.14. The van der Waals surface area contributed by atoms with E-state index in [9.17, 15) is 22.8 Å². The lowest BCUT2D eigenvalue weighted by Crippen LogP contribution is -2.44. The summed E-state index contributed by atoms with van der Waals surface area (Å²) in [6, 6.07) is 8.30. The molecule has 0 radical (unpaired) electrons. The molecule has 1 unspecified atom stereocenters. The Labute approximate surface area is 142 Å². The number of likely N-dealkylation sites (tertiary alicyclic amines) is 1. The van der Waals surface area contributed by atoms with E-state index >= 15 is 0 Å². The van der Waals surface area contributed by atoms with Gasteiger partial charge in [0.25, 0.3) is 5.91 Å². The van der Waals surface area contributed by atoms with Crippen LogP contribution in [0.3, 0.4) is 0 Å². The molecule has 2 amide bonds. The number of rotatable bonds is 4. The number of hydrogen-bond donors (Lipinski definition) is 1. The molecule has 8 heteroatoms. The molecule has 1 fully saturated rings. The Hall–Kier alpha value is -2.51. The van der Waals surface area contributed by atoms with Crippen molar-refractivity contribution in [1.82, 2.24) is 14.8 Å². The number of para-hydroxylation sites is 1. The van der Waals surface area contributed by atoms with Gasteiger partial charge in [0.2, 0.25) is 5.91 Å². The molecule has 1 aromatic carbocycles. The molecule has 3 rings (SSSR count). The zero-order valence-corrected chi connectivity index (χ0v) is 13.6. The number of nitrogens with zero attached hydrogens (tertiary/aromatic N) is 2. The molecule has 1 saturated heterocycles. The summed E-state index contributed by atoms with van der Waals surface area (Å²) >= 11 is 0. The fourth-order valence-electron chi connectivity index (χ4n) is 3.22. The number of carbonyl (C=O) groups is 2. The quantitative estimate of drug-likeness (QED) is 0.919. The molecule has 5 nitrogen and oxygen atoms in total. The van der Waals surface area contributed by atoms with Crippen molar-refractivity contribution in [2.45, 2.75) is 32.1 Å². The molecule has 1 aliphatic heterocycles. The van der Waals surface area contributed by atoms with Gasteiger partial charge in [-0.25, -0.2) is 0 Å². The summed E-state index contributed by atoms with van der Waals surface area (Å²) in [5.41, 5.74) is 1.29. The maximum atomic E-state index is 12.6. The van der Waals surface area contributed by atoms with Crippen LogP contribution in [0.2, 0.25) is 0 Å². The van der Waals surface area contributed by atoms with Gasteiger partial charge >= 0.3 is 6.18 Å². The standard InChI is InChI=1S/C17H18F3N3O2/c1-2-23-13-6-4-3-5-11(13)9-14(23)15(24)21-12-7-8-22(16(12)25)10-17(18,19)20/h3-6,9,12H,2,7-8,10H2,1H3,(H,21,24). The van der Waals surface area contributed by atoms with Crippen LogP contribution < -0.4 is 5.32 Å². The Balaban J connectivity index is 1.76. The second kappa shape index (κ2) is 6.42. The van der Waals surface area contributed by atoms with E-state index in [1.807, 2.05) is 35.8 Å². The summed E-state index contributed by atoms with van der Waals surface area (Å²) in [7, 11) is 0. The third-order valence-electron chi connectivity index (χ3n) is 4.33. The summed E-state index contributed by atoms with van der Waals surface area (Å²) < 4.78 is 39.2. The first-order chi connectivity index (χ1) is 11.8. The van der Waals surface area contributed by atoms with Crippen LogP contribution in [0.5, 0.6) is 0 Å². The number of halogens is 3. The average Bonchev–Trinajstić information content (AvgIpc) is 3.08. The van der Waals surface area contributed by atoms with Crippen LogP contribution in [0.25, 0.3) is 10.9 Å². The highest BCUT2D eigenvalue weighted by molar-refractivity contribution is 6.01. The predicted molar refractivity (Wildman–Crippen MR) is 86.1 cm³/mol. The van der Waals surface area contributed by atoms with Gasteiger partial charge in [0.05, 0.1) is 0 Å². The Bertz CT molecular complexity index is 813. The lowest BCUT2D eigenvalue weighted by atomic mass is 10.2. The first-order valence-electron chi connectivity index (χ1n) is 8.05. The highest BCUT2D eigenvalue weighted by atomic mass is 19.4. The molecule has 25 heavy (non-hydrogen) atoms. The minimum absolute atomic E-state index is 0.0138. The van der Waals surface area contributed by atoms with Crippen molar-refractivity contribution < 1.29 is 22.8 Å². The summed E-state index contributed by atoms with van der Waals surface area (Å²) in [6.07, 6.45) is -4.27. The van der Waals surface area contributed by atoms with Crippen LogP contribution in [0, 0.1) is 0 Å².